The third-order valence-electron chi connectivity index (χ3n) is 4.21. The monoisotopic (exact) mass is 274 g/mol. The first-order valence-corrected chi connectivity index (χ1v) is 7.64. The maximum absolute atomic E-state index is 4.88. The highest BCUT2D eigenvalue weighted by molar-refractivity contribution is 5.95. The molecule has 0 spiro atoms. The Morgan fingerprint density at radius 3 is 2.48 bits per heavy atom. The van der Waals surface area contributed by atoms with Gasteiger partial charge >= 0.3 is 0 Å². The van der Waals surface area contributed by atoms with E-state index in [1.54, 1.807) is 0 Å². The van der Waals surface area contributed by atoms with Crippen molar-refractivity contribution in [1.82, 2.24) is 4.98 Å². The number of aromatic nitrogens is 1. The number of aryl methyl sites for hydroxylation is 1. The molecule has 104 valence electrons. The molecule has 1 N–H and O–H groups in total. The number of hydrogen-bond donors (Lipinski definition) is 1. The quantitative estimate of drug-likeness (QED) is 0.722. The van der Waals surface area contributed by atoms with Gasteiger partial charge in [0.25, 0.3) is 0 Å². The van der Waals surface area contributed by atoms with Crippen LogP contribution >= 0.6 is 0 Å². The van der Waals surface area contributed by atoms with E-state index in [-0.39, 0.29) is 0 Å². The lowest BCUT2D eigenvalue weighted by Gasteiger charge is -2.21. The lowest BCUT2D eigenvalue weighted by molar-refractivity contribution is 0.672. The first-order valence-electron chi connectivity index (χ1n) is 7.64. The lowest BCUT2D eigenvalue weighted by Crippen LogP contribution is -2.09. The number of pyridine rings is 1. The second-order valence-corrected chi connectivity index (χ2v) is 5.63. The molecule has 1 aromatic heterocycles. The molecule has 2 heteroatoms. The number of rotatable bonds is 2. The first-order chi connectivity index (χ1) is 10.4. The number of anilines is 2. The van der Waals surface area contributed by atoms with Crippen molar-refractivity contribution >= 4 is 22.3 Å². The normalized spacial score (nSPS) is 13.9. The Kier molecular flexibility index (Phi) is 3.07. The summed E-state index contributed by atoms with van der Waals surface area (Å²) in [6.07, 6.45) is 4.74. The summed E-state index contributed by atoms with van der Waals surface area (Å²) in [6, 6.07) is 18.9. The maximum Gasteiger partial charge on any atom is 0.0726 e. The predicted octanol–water partition coefficient (Wildman–Crippen LogP) is 4.86. The van der Waals surface area contributed by atoms with Gasteiger partial charge in [-0.15, -0.1) is 0 Å². The Hall–Kier alpha value is -2.35. The predicted molar refractivity (Wildman–Crippen MR) is 88.1 cm³/mol. The molecule has 0 unspecified atom stereocenters. The maximum atomic E-state index is 4.88. The van der Waals surface area contributed by atoms with Crippen molar-refractivity contribution in [2.75, 3.05) is 5.32 Å². The molecule has 2 aromatic carbocycles. The average molecular weight is 274 g/mol. The fourth-order valence-corrected chi connectivity index (χ4v) is 3.18. The van der Waals surface area contributed by atoms with E-state index in [9.17, 15) is 0 Å². The number of nitrogens with one attached hydrogen (secondary N) is 1. The molecule has 0 saturated heterocycles. The van der Waals surface area contributed by atoms with Crippen LogP contribution in [0.1, 0.15) is 24.1 Å². The van der Waals surface area contributed by atoms with E-state index in [2.05, 4.69) is 53.8 Å². The van der Waals surface area contributed by atoms with Gasteiger partial charge in [-0.2, -0.15) is 0 Å². The van der Waals surface area contributed by atoms with Crippen LogP contribution in [0.2, 0.25) is 0 Å². The summed E-state index contributed by atoms with van der Waals surface area (Å²) in [5, 5.41) is 4.86. The number of para-hydroxylation sites is 2. The van der Waals surface area contributed by atoms with Gasteiger partial charge in [-0.3, -0.25) is 4.98 Å². The Labute approximate surface area is 124 Å². The largest absolute Gasteiger partial charge is 0.355 e. The van der Waals surface area contributed by atoms with Crippen LogP contribution in [0.25, 0.3) is 10.9 Å². The van der Waals surface area contributed by atoms with Gasteiger partial charge < -0.3 is 5.32 Å². The Bertz CT molecular complexity index is 778. The average Bonchev–Trinajstić information content (AvgIpc) is 2.55. The Morgan fingerprint density at radius 1 is 0.810 bits per heavy atom. The van der Waals surface area contributed by atoms with Crippen molar-refractivity contribution in [3.63, 3.8) is 0 Å². The molecule has 3 aromatic rings. The van der Waals surface area contributed by atoms with Crippen LogP contribution in [0.3, 0.4) is 0 Å². The van der Waals surface area contributed by atoms with Crippen molar-refractivity contribution in [2.45, 2.75) is 25.7 Å². The van der Waals surface area contributed by atoms with Crippen LogP contribution in [0.15, 0.2) is 54.6 Å². The van der Waals surface area contributed by atoms with Gasteiger partial charge in [0, 0.05) is 16.8 Å². The molecule has 2 nitrogen and oxygen atoms in total. The molecular weight excluding hydrogens is 256 g/mol. The molecular formula is C19H18N2. The minimum Gasteiger partial charge on any atom is -0.355 e. The summed E-state index contributed by atoms with van der Waals surface area (Å²) in [4.78, 5) is 4.88. The molecule has 4 rings (SSSR count). The second-order valence-electron chi connectivity index (χ2n) is 5.63. The molecule has 1 heterocycles. The summed E-state index contributed by atoms with van der Waals surface area (Å²) in [5.41, 5.74) is 6.17. The molecule has 0 aliphatic heterocycles. The number of benzene rings is 2. The molecule has 0 fully saturated rings. The van der Waals surface area contributed by atoms with Crippen molar-refractivity contribution in [3.05, 3.63) is 65.9 Å². The Balaban J connectivity index is 1.92. The van der Waals surface area contributed by atoms with Gasteiger partial charge in [0.15, 0.2) is 0 Å². The first kappa shape index (κ1) is 12.4. The molecule has 0 radical (unpaired) electrons. The third kappa shape index (κ3) is 2.27. The molecule has 1 aliphatic rings. The summed E-state index contributed by atoms with van der Waals surface area (Å²) < 4.78 is 0. The standard InChI is InChI=1S/C19H18N2/c1-2-8-14(9-3-1)20-19-15-10-4-6-12-17(15)21-18-13-7-5-11-16(18)19/h1-4,6,8-10,12H,5,7,11,13H2,(H,20,21). The fraction of sp³-hybridized carbons (Fsp3) is 0.211. The van der Waals surface area contributed by atoms with Gasteiger partial charge in [0.2, 0.25) is 0 Å². The van der Waals surface area contributed by atoms with Gasteiger partial charge in [0.05, 0.1) is 11.2 Å². The van der Waals surface area contributed by atoms with E-state index >= 15 is 0 Å². The van der Waals surface area contributed by atoms with E-state index in [0.29, 0.717) is 0 Å². The van der Waals surface area contributed by atoms with Gasteiger partial charge in [-0.05, 0) is 49.4 Å². The van der Waals surface area contributed by atoms with Crippen molar-refractivity contribution < 1.29 is 0 Å². The zero-order chi connectivity index (χ0) is 14.1. The van der Waals surface area contributed by atoms with Crippen LogP contribution in [0, 0.1) is 0 Å². The third-order valence-corrected chi connectivity index (χ3v) is 4.21. The van der Waals surface area contributed by atoms with Crippen molar-refractivity contribution in [3.8, 4) is 0 Å². The summed E-state index contributed by atoms with van der Waals surface area (Å²) in [7, 11) is 0. The van der Waals surface area contributed by atoms with E-state index in [0.717, 1.165) is 24.0 Å². The molecule has 1 aliphatic carbocycles. The lowest BCUT2D eigenvalue weighted by atomic mass is 9.92. The molecule has 0 atom stereocenters. The van der Waals surface area contributed by atoms with E-state index in [1.807, 2.05) is 6.07 Å². The molecule has 0 amide bonds. The van der Waals surface area contributed by atoms with Crippen molar-refractivity contribution in [1.29, 1.82) is 0 Å². The SMILES string of the molecule is c1ccc(Nc2c3c(nc4ccccc24)CCCC3)cc1. The van der Waals surface area contributed by atoms with Crippen LogP contribution < -0.4 is 5.32 Å². The van der Waals surface area contributed by atoms with E-state index < -0.39 is 0 Å². The summed E-state index contributed by atoms with van der Waals surface area (Å²) >= 11 is 0. The van der Waals surface area contributed by atoms with E-state index in [1.165, 1.54) is 35.2 Å². The highest BCUT2D eigenvalue weighted by Crippen LogP contribution is 2.34. The summed E-state index contributed by atoms with van der Waals surface area (Å²) in [6.45, 7) is 0. The number of nitrogens with zero attached hydrogens (tertiary/aromatic N) is 1. The molecule has 0 saturated carbocycles. The zero-order valence-corrected chi connectivity index (χ0v) is 12.0. The van der Waals surface area contributed by atoms with Crippen molar-refractivity contribution in [2.24, 2.45) is 0 Å². The number of fused-ring (bicyclic) bond motifs is 2. The fourth-order valence-electron chi connectivity index (χ4n) is 3.18. The highest BCUT2D eigenvalue weighted by Gasteiger charge is 2.17. The molecule has 0 bridgehead atoms. The van der Waals surface area contributed by atoms with Crippen LogP contribution in [-0.4, -0.2) is 4.98 Å². The highest BCUT2D eigenvalue weighted by atomic mass is 14.9. The topological polar surface area (TPSA) is 24.9 Å². The van der Waals surface area contributed by atoms with Crippen LogP contribution in [0.5, 0.6) is 0 Å². The smallest absolute Gasteiger partial charge is 0.0726 e. The van der Waals surface area contributed by atoms with E-state index in [4.69, 9.17) is 4.98 Å². The van der Waals surface area contributed by atoms with Gasteiger partial charge in [-0.25, -0.2) is 0 Å². The Morgan fingerprint density at radius 2 is 1.57 bits per heavy atom. The van der Waals surface area contributed by atoms with Crippen LogP contribution in [-0.2, 0) is 12.8 Å². The summed E-state index contributed by atoms with van der Waals surface area (Å²) in [5.74, 6) is 0. The van der Waals surface area contributed by atoms with Gasteiger partial charge in [-0.1, -0.05) is 36.4 Å². The van der Waals surface area contributed by atoms with Gasteiger partial charge in [0.1, 0.15) is 0 Å². The van der Waals surface area contributed by atoms with Crippen LogP contribution in [0.4, 0.5) is 11.4 Å². The number of hydrogen-bond acceptors (Lipinski definition) is 2. The minimum absolute atomic E-state index is 1.09. The molecule has 21 heavy (non-hydrogen) atoms. The second kappa shape index (κ2) is 5.21. The zero-order valence-electron chi connectivity index (χ0n) is 12.0. The minimum atomic E-state index is 1.09.